The van der Waals surface area contributed by atoms with Gasteiger partial charge in [0.05, 0.1) is 22.7 Å². The number of carbonyl (C=O) groups excluding carboxylic acids is 2. The van der Waals surface area contributed by atoms with Crippen molar-refractivity contribution in [3.63, 3.8) is 0 Å². The molecule has 2 rings (SSSR count). The number of carbonyl (C=O) groups is 2. The molecule has 0 aliphatic rings. The molecule has 0 bridgehead atoms. The predicted molar refractivity (Wildman–Crippen MR) is 96.4 cm³/mol. The number of esters is 2. The lowest BCUT2D eigenvalue weighted by Gasteiger charge is -2.07. The standard InChI is InChI=1S/C17H15N3O6S/c1-3-25-17(22)14-12(11(7-18)15(19)27-14)8-26-16(21)10-4-5-13(20(23)24)9(2)6-10/h4-6H,3,8,19H2,1-2H3. The zero-order valence-corrected chi connectivity index (χ0v) is 15.3. The molecule has 2 N–H and O–H groups in total. The quantitative estimate of drug-likeness (QED) is 0.451. The SMILES string of the molecule is CCOC(=O)c1sc(N)c(C#N)c1COC(=O)c1ccc([N+](=O)[O-])c(C)c1. The number of hydrogen-bond donors (Lipinski definition) is 1. The van der Waals surface area contributed by atoms with Crippen LogP contribution in [0.3, 0.4) is 0 Å². The predicted octanol–water partition coefficient (Wildman–Crippen LogP) is 2.95. The smallest absolute Gasteiger partial charge is 0.348 e. The molecule has 0 aliphatic heterocycles. The largest absolute Gasteiger partial charge is 0.462 e. The van der Waals surface area contributed by atoms with E-state index in [0.717, 1.165) is 11.3 Å². The average Bonchev–Trinajstić information content (AvgIpc) is 2.94. The number of nitrogen functional groups attached to an aromatic ring is 1. The highest BCUT2D eigenvalue weighted by Gasteiger charge is 2.24. The van der Waals surface area contributed by atoms with Gasteiger partial charge in [-0.3, -0.25) is 10.1 Å². The summed E-state index contributed by atoms with van der Waals surface area (Å²) >= 11 is 0.883. The van der Waals surface area contributed by atoms with E-state index in [2.05, 4.69) is 0 Å². The van der Waals surface area contributed by atoms with E-state index in [-0.39, 0.29) is 45.5 Å². The number of nitrogens with zero attached hydrogens (tertiary/aromatic N) is 2. The zero-order valence-electron chi connectivity index (χ0n) is 14.5. The van der Waals surface area contributed by atoms with Crippen molar-refractivity contribution in [1.29, 1.82) is 5.26 Å². The van der Waals surface area contributed by atoms with Crippen LogP contribution in [0.15, 0.2) is 18.2 Å². The van der Waals surface area contributed by atoms with Gasteiger partial charge in [0.1, 0.15) is 22.6 Å². The molecule has 1 heterocycles. The number of benzene rings is 1. The van der Waals surface area contributed by atoms with Crippen molar-refractivity contribution in [3.05, 3.63) is 55.4 Å². The summed E-state index contributed by atoms with van der Waals surface area (Å²) in [5.74, 6) is -1.41. The summed E-state index contributed by atoms with van der Waals surface area (Å²) in [6.45, 7) is 2.91. The van der Waals surface area contributed by atoms with Gasteiger partial charge >= 0.3 is 11.9 Å². The third-order valence-corrected chi connectivity index (χ3v) is 4.62. The Balaban J connectivity index is 2.24. The Morgan fingerprint density at radius 2 is 2.04 bits per heavy atom. The number of hydrogen-bond acceptors (Lipinski definition) is 9. The zero-order chi connectivity index (χ0) is 20.1. The molecule has 27 heavy (non-hydrogen) atoms. The van der Waals surface area contributed by atoms with Gasteiger partial charge in [0, 0.05) is 17.2 Å². The van der Waals surface area contributed by atoms with Gasteiger partial charge in [-0.2, -0.15) is 5.26 Å². The number of anilines is 1. The van der Waals surface area contributed by atoms with Crippen LogP contribution in [-0.4, -0.2) is 23.5 Å². The number of rotatable bonds is 6. The highest BCUT2D eigenvalue weighted by molar-refractivity contribution is 7.18. The first-order valence-electron chi connectivity index (χ1n) is 7.70. The van der Waals surface area contributed by atoms with Crippen molar-refractivity contribution in [2.45, 2.75) is 20.5 Å². The monoisotopic (exact) mass is 389 g/mol. The molecule has 0 amide bonds. The Morgan fingerprint density at radius 3 is 2.59 bits per heavy atom. The molecule has 10 heteroatoms. The first-order valence-corrected chi connectivity index (χ1v) is 8.52. The highest BCUT2D eigenvalue weighted by Crippen LogP contribution is 2.32. The van der Waals surface area contributed by atoms with Crippen LogP contribution >= 0.6 is 11.3 Å². The number of aryl methyl sites for hydroxylation is 1. The minimum Gasteiger partial charge on any atom is -0.462 e. The Hall–Kier alpha value is -3.45. The van der Waals surface area contributed by atoms with Crippen LogP contribution in [0.2, 0.25) is 0 Å². The molecule has 0 radical (unpaired) electrons. The van der Waals surface area contributed by atoms with Crippen molar-refractivity contribution >= 4 is 34.0 Å². The van der Waals surface area contributed by atoms with Crippen LogP contribution in [0, 0.1) is 28.4 Å². The molecule has 2 aromatic rings. The fraction of sp³-hybridized carbons (Fsp3) is 0.235. The van der Waals surface area contributed by atoms with E-state index < -0.39 is 16.9 Å². The summed E-state index contributed by atoms with van der Waals surface area (Å²) in [5, 5.41) is 20.2. The van der Waals surface area contributed by atoms with Crippen molar-refractivity contribution < 1.29 is 24.0 Å². The van der Waals surface area contributed by atoms with Crippen LogP contribution in [0.1, 0.15) is 43.6 Å². The van der Waals surface area contributed by atoms with Gasteiger partial charge in [0.2, 0.25) is 0 Å². The molecular weight excluding hydrogens is 374 g/mol. The normalized spacial score (nSPS) is 10.1. The van der Waals surface area contributed by atoms with E-state index in [4.69, 9.17) is 15.2 Å². The second-order valence-corrected chi connectivity index (χ2v) is 6.37. The second kappa shape index (κ2) is 8.29. The molecule has 0 aliphatic carbocycles. The van der Waals surface area contributed by atoms with E-state index in [1.807, 2.05) is 6.07 Å². The molecule has 0 spiro atoms. The first-order chi connectivity index (χ1) is 12.8. The summed E-state index contributed by atoms with van der Waals surface area (Å²) in [6, 6.07) is 5.70. The maximum absolute atomic E-state index is 12.2. The minimum absolute atomic E-state index is 0.0516. The van der Waals surface area contributed by atoms with Gasteiger partial charge in [-0.1, -0.05) is 0 Å². The van der Waals surface area contributed by atoms with Gasteiger partial charge in [-0.25, -0.2) is 9.59 Å². The van der Waals surface area contributed by atoms with Crippen molar-refractivity contribution in [1.82, 2.24) is 0 Å². The van der Waals surface area contributed by atoms with Crippen LogP contribution in [0.25, 0.3) is 0 Å². The molecule has 0 fully saturated rings. The van der Waals surface area contributed by atoms with Crippen LogP contribution in [-0.2, 0) is 16.1 Å². The van der Waals surface area contributed by atoms with Crippen molar-refractivity contribution in [3.8, 4) is 6.07 Å². The fourth-order valence-corrected chi connectivity index (χ4v) is 3.23. The van der Waals surface area contributed by atoms with Crippen LogP contribution in [0.5, 0.6) is 0 Å². The van der Waals surface area contributed by atoms with Gasteiger partial charge in [0.25, 0.3) is 5.69 Å². The molecule has 9 nitrogen and oxygen atoms in total. The minimum atomic E-state index is -0.753. The number of ether oxygens (including phenoxy) is 2. The van der Waals surface area contributed by atoms with E-state index in [9.17, 15) is 25.0 Å². The van der Waals surface area contributed by atoms with Crippen LogP contribution < -0.4 is 5.73 Å². The number of thiophene rings is 1. The molecule has 0 atom stereocenters. The van der Waals surface area contributed by atoms with E-state index in [1.165, 1.54) is 25.1 Å². The second-order valence-electron chi connectivity index (χ2n) is 5.32. The van der Waals surface area contributed by atoms with Gasteiger partial charge in [0.15, 0.2) is 0 Å². The Kier molecular flexibility index (Phi) is 6.10. The van der Waals surface area contributed by atoms with E-state index >= 15 is 0 Å². The maximum Gasteiger partial charge on any atom is 0.348 e. The van der Waals surface area contributed by atoms with Crippen molar-refractivity contribution in [2.24, 2.45) is 0 Å². The molecule has 140 valence electrons. The number of nitriles is 1. The van der Waals surface area contributed by atoms with Gasteiger partial charge in [-0.15, -0.1) is 11.3 Å². The average molecular weight is 389 g/mol. The summed E-state index contributed by atoms with van der Waals surface area (Å²) in [5.41, 5.74) is 6.27. The van der Waals surface area contributed by atoms with Gasteiger partial charge in [-0.05, 0) is 26.0 Å². The highest BCUT2D eigenvalue weighted by atomic mass is 32.1. The third-order valence-electron chi connectivity index (χ3n) is 3.58. The Bertz CT molecular complexity index is 960. The third kappa shape index (κ3) is 4.21. The summed E-state index contributed by atoms with van der Waals surface area (Å²) in [4.78, 5) is 34.7. The summed E-state index contributed by atoms with van der Waals surface area (Å²) in [7, 11) is 0. The Labute approximate surface area is 158 Å². The number of nitro groups is 1. The fourth-order valence-electron chi connectivity index (χ4n) is 2.31. The lowest BCUT2D eigenvalue weighted by Crippen LogP contribution is -2.10. The van der Waals surface area contributed by atoms with E-state index in [0.29, 0.717) is 5.56 Å². The summed E-state index contributed by atoms with van der Waals surface area (Å²) < 4.78 is 10.1. The number of nitrogens with two attached hydrogens (primary N) is 1. The topological polar surface area (TPSA) is 146 Å². The molecular formula is C17H15N3O6S. The van der Waals surface area contributed by atoms with E-state index in [1.54, 1.807) is 6.92 Å². The molecule has 1 aromatic carbocycles. The molecule has 0 saturated heterocycles. The maximum atomic E-state index is 12.2. The van der Waals surface area contributed by atoms with Crippen molar-refractivity contribution in [2.75, 3.05) is 12.3 Å². The molecule has 0 unspecified atom stereocenters. The van der Waals surface area contributed by atoms with Crippen LogP contribution in [0.4, 0.5) is 10.7 Å². The van der Waals surface area contributed by atoms with Gasteiger partial charge < -0.3 is 15.2 Å². The summed E-state index contributed by atoms with van der Waals surface area (Å²) in [6.07, 6.45) is 0. The number of nitro benzene ring substituents is 1. The lowest BCUT2D eigenvalue weighted by atomic mass is 10.1. The molecule has 1 aromatic heterocycles. The first kappa shape index (κ1) is 19.9. The molecule has 0 saturated carbocycles. The lowest BCUT2D eigenvalue weighted by molar-refractivity contribution is -0.385. The Morgan fingerprint density at radius 1 is 1.33 bits per heavy atom.